The first-order valence-corrected chi connectivity index (χ1v) is 6.53. The first-order chi connectivity index (χ1) is 9.20. The van der Waals surface area contributed by atoms with Crippen molar-refractivity contribution >= 4 is 24.2 Å². The molecule has 0 saturated carbocycles. The Bertz CT molecular complexity index is 456. The van der Waals surface area contributed by atoms with Gasteiger partial charge in [-0.15, -0.1) is 12.4 Å². The third kappa shape index (κ3) is 4.21. The SMILES string of the molecule is CNC(=O)c1ccc(CNC(=O)[C@@H]2CCCN2)cc1.Cl. The van der Waals surface area contributed by atoms with Gasteiger partial charge in [-0.1, -0.05) is 12.1 Å². The maximum atomic E-state index is 11.8. The van der Waals surface area contributed by atoms with Crippen molar-refractivity contribution in [2.24, 2.45) is 0 Å². The molecular weight excluding hydrogens is 278 g/mol. The van der Waals surface area contributed by atoms with E-state index >= 15 is 0 Å². The predicted molar refractivity (Wildman–Crippen MR) is 80.0 cm³/mol. The zero-order chi connectivity index (χ0) is 13.7. The molecule has 0 aromatic heterocycles. The van der Waals surface area contributed by atoms with Crippen molar-refractivity contribution in [1.82, 2.24) is 16.0 Å². The molecule has 20 heavy (non-hydrogen) atoms. The maximum Gasteiger partial charge on any atom is 0.251 e. The molecule has 1 aliphatic rings. The Labute approximate surface area is 124 Å². The average molecular weight is 298 g/mol. The first kappa shape index (κ1) is 16.5. The van der Waals surface area contributed by atoms with Gasteiger partial charge < -0.3 is 16.0 Å². The Morgan fingerprint density at radius 1 is 1.30 bits per heavy atom. The van der Waals surface area contributed by atoms with Gasteiger partial charge in [-0.2, -0.15) is 0 Å². The molecule has 0 radical (unpaired) electrons. The summed E-state index contributed by atoms with van der Waals surface area (Å²) >= 11 is 0. The minimum atomic E-state index is -0.106. The summed E-state index contributed by atoms with van der Waals surface area (Å²) in [5.41, 5.74) is 1.61. The van der Waals surface area contributed by atoms with Crippen LogP contribution in [0.3, 0.4) is 0 Å². The van der Waals surface area contributed by atoms with Crippen LogP contribution in [-0.2, 0) is 11.3 Å². The Morgan fingerprint density at radius 2 is 2.00 bits per heavy atom. The fourth-order valence-corrected chi connectivity index (χ4v) is 2.14. The predicted octanol–water partition coefficient (Wildman–Crippen LogP) is 0.836. The van der Waals surface area contributed by atoms with Crippen LogP contribution in [-0.4, -0.2) is 31.4 Å². The van der Waals surface area contributed by atoms with Crippen molar-refractivity contribution in [3.05, 3.63) is 35.4 Å². The molecule has 0 unspecified atom stereocenters. The number of carbonyl (C=O) groups is 2. The van der Waals surface area contributed by atoms with E-state index in [0.29, 0.717) is 12.1 Å². The lowest BCUT2D eigenvalue weighted by atomic mass is 10.1. The van der Waals surface area contributed by atoms with Crippen molar-refractivity contribution in [2.75, 3.05) is 13.6 Å². The van der Waals surface area contributed by atoms with Gasteiger partial charge in [0, 0.05) is 19.2 Å². The van der Waals surface area contributed by atoms with Crippen molar-refractivity contribution in [1.29, 1.82) is 0 Å². The topological polar surface area (TPSA) is 70.2 Å². The highest BCUT2D eigenvalue weighted by atomic mass is 35.5. The molecule has 0 spiro atoms. The van der Waals surface area contributed by atoms with Gasteiger partial charge in [-0.05, 0) is 37.1 Å². The molecule has 110 valence electrons. The van der Waals surface area contributed by atoms with Crippen LogP contribution >= 0.6 is 12.4 Å². The Balaban J connectivity index is 0.00000200. The Morgan fingerprint density at radius 3 is 2.55 bits per heavy atom. The van der Waals surface area contributed by atoms with Gasteiger partial charge in [0.25, 0.3) is 5.91 Å². The quantitative estimate of drug-likeness (QED) is 0.771. The van der Waals surface area contributed by atoms with E-state index in [2.05, 4.69) is 16.0 Å². The number of carbonyl (C=O) groups excluding carboxylic acids is 2. The lowest BCUT2D eigenvalue weighted by Gasteiger charge is -2.11. The van der Waals surface area contributed by atoms with E-state index in [1.165, 1.54) is 0 Å². The van der Waals surface area contributed by atoms with E-state index in [4.69, 9.17) is 0 Å². The molecule has 6 heteroatoms. The van der Waals surface area contributed by atoms with Crippen molar-refractivity contribution in [2.45, 2.75) is 25.4 Å². The van der Waals surface area contributed by atoms with Crippen LogP contribution in [0.4, 0.5) is 0 Å². The zero-order valence-corrected chi connectivity index (χ0v) is 12.3. The van der Waals surface area contributed by atoms with E-state index in [9.17, 15) is 9.59 Å². The van der Waals surface area contributed by atoms with Gasteiger partial charge >= 0.3 is 0 Å². The van der Waals surface area contributed by atoms with Crippen LogP contribution in [0.2, 0.25) is 0 Å². The molecule has 1 aromatic rings. The Kier molecular flexibility index (Phi) is 6.48. The van der Waals surface area contributed by atoms with E-state index in [1.54, 1.807) is 19.2 Å². The summed E-state index contributed by atoms with van der Waals surface area (Å²) in [6.45, 7) is 1.41. The summed E-state index contributed by atoms with van der Waals surface area (Å²) in [5, 5.41) is 8.63. The second-order valence-corrected chi connectivity index (χ2v) is 4.64. The number of amides is 2. The molecule has 1 aromatic carbocycles. The monoisotopic (exact) mass is 297 g/mol. The first-order valence-electron chi connectivity index (χ1n) is 6.53. The fourth-order valence-electron chi connectivity index (χ4n) is 2.14. The van der Waals surface area contributed by atoms with Crippen LogP contribution < -0.4 is 16.0 Å². The minimum Gasteiger partial charge on any atom is -0.355 e. The number of hydrogen-bond acceptors (Lipinski definition) is 3. The highest BCUT2D eigenvalue weighted by molar-refractivity contribution is 5.93. The van der Waals surface area contributed by atoms with Gasteiger partial charge in [0.15, 0.2) is 0 Å². The standard InChI is InChI=1S/C14H19N3O2.ClH/c1-15-13(18)11-6-4-10(5-7-11)9-17-14(19)12-3-2-8-16-12;/h4-7,12,16H,2-3,8-9H2,1H3,(H,15,18)(H,17,19);1H/t12-;/m0./s1. The minimum absolute atomic E-state index is 0. The van der Waals surface area contributed by atoms with Crippen LogP contribution in [0, 0.1) is 0 Å². The van der Waals surface area contributed by atoms with Crippen LogP contribution in [0.1, 0.15) is 28.8 Å². The van der Waals surface area contributed by atoms with Gasteiger partial charge in [0.2, 0.25) is 5.91 Å². The van der Waals surface area contributed by atoms with E-state index in [0.717, 1.165) is 24.9 Å². The molecule has 3 N–H and O–H groups in total. The lowest BCUT2D eigenvalue weighted by Crippen LogP contribution is -2.39. The largest absolute Gasteiger partial charge is 0.355 e. The number of hydrogen-bond donors (Lipinski definition) is 3. The fraction of sp³-hybridized carbons (Fsp3) is 0.429. The molecule has 2 amide bonds. The highest BCUT2D eigenvalue weighted by Crippen LogP contribution is 2.07. The molecule has 1 aliphatic heterocycles. The second-order valence-electron chi connectivity index (χ2n) is 4.64. The molecule has 0 aliphatic carbocycles. The van der Waals surface area contributed by atoms with Crippen LogP contribution in [0.15, 0.2) is 24.3 Å². The summed E-state index contributed by atoms with van der Waals surface area (Å²) < 4.78 is 0. The molecule has 0 bridgehead atoms. The number of halogens is 1. The second kappa shape index (κ2) is 7.87. The zero-order valence-electron chi connectivity index (χ0n) is 11.4. The molecule has 1 saturated heterocycles. The van der Waals surface area contributed by atoms with Gasteiger partial charge in [0.05, 0.1) is 6.04 Å². The summed E-state index contributed by atoms with van der Waals surface area (Å²) in [4.78, 5) is 23.2. The summed E-state index contributed by atoms with van der Waals surface area (Å²) in [5.74, 6) is -0.0568. The molecule has 1 fully saturated rings. The van der Waals surface area contributed by atoms with Crippen LogP contribution in [0.25, 0.3) is 0 Å². The van der Waals surface area contributed by atoms with E-state index in [1.807, 2.05) is 12.1 Å². The normalized spacial score (nSPS) is 17.1. The van der Waals surface area contributed by atoms with Gasteiger partial charge in [0.1, 0.15) is 0 Å². The van der Waals surface area contributed by atoms with Crippen molar-refractivity contribution in [3.8, 4) is 0 Å². The summed E-state index contributed by atoms with van der Waals surface area (Å²) in [6.07, 6.45) is 1.96. The molecule has 1 heterocycles. The molecule has 1 atom stereocenters. The summed E-state index contributed by atoms with van der Waals surface area (Å²) in [6, 6.07) is 7.17. The van der Waals surface area contributed by atoms with Crippen molar-refractivity contribution < 1.29 is 9.59 Å². The third-order valence-corrected chi connectivity index (χ3v) is 3.29. The number of rotatable bonds is 4. The Hall–Kier alpha value is -1.59. The smallest absolute Gasteiger partial charge is 0.251 e. The number of nitrogens with one attached hydrogen (secondary N) is 3. The van der Waals surface area contributed by atoms with Crippen LogP contribution in [0.5, 0.6) is 0 Å². The highest BCUT2D eigenvalue weighted by Gasteiger charge is 2.21. The molecule has 2 rings (SSSR count). The lowest BCUT2D eigenvalue weighted by molar-refractivity contribution is -0.122. The molecular formula is C14H20ClN3O2. The number of benzene rings is 1. The maximum absolute atomic E-state index is 11.8. The average Bonchev–Trinajstić information content (AvgIpc) is 2.98. The molecule has 5 nitrogen and oxygen atoms in total. The van der Waals surface area contributed by atoms with E-state index in [-0.39, 0.29) is 30.3 Å². The summed E-state index contributed by atoms with van der Waals surface area (Å²) in [7, 11) is 1.60. The third-order valence-electron chi connectivity index (χ3n) is 3.29. The van der Waals surface area contributed by atoms with Gasteiger partial charge in [-0.3, -0.25) is 9.59 Å². The van der Waals surface area contributed by atoms with E-state index < -0.39 is 0 Å². The van der Waals surface area contributed by atoms with Crippen molar-refractivity contribution in [3.63, 3.8) is 0 Å². The van der Waals surface area contributed by atoms with Gasteiger partial charge in [-0.25, -0.2) is 0 Å².